The summed E-state index contributed by atoms with van der Waals surface area (Å²) in [6.07, 6.45) is 6.99. The Balaban J connectivity index is 1.77. The van der Waals surface area contributed by atoms with Crippen LogP contribution >= 0.6 is 0 Å². The van der Waals surface area contributed by atoms with Crippen LogP contribution in [0.25, 0.3) is 6.08 Å². The molecule has 0 bridgehead atoms. The van der Waals surface area contributed by atoms with Gasteiger partial charge in [0.05, 0.1) is 11.0 Å². The first-order valence-corrected chi connectivity index (χ1v) is 8.50. The zero-order valence-corrected chi connectivity index (χ0v) is 14.0. The molecule has 1 saturated carbocycles. The van der Waals surface area contributed by atoms with Crippen LogP contribution in [-0.4, -0.2) is 11.0 Å². The van der Waals surface area contributed by atoms with Crippen LogP contribution in [0.2, 0.25) is 0 Å². The summed E-state index contributed by atoms with van der Waals surface area (Å²) in [6.45, 7) is 0.450. The molecular weight excluding hydrogens is 318 g/mol. The van der Waals surface area contributed by atoms with E-state index in [1.807, 2.05) is 36.4 Å². The van der Waals surface area contributed by atoms with Gasteiger partial charge in [0.2, 0.25) is 6.20 Å². The second-order valence-corrected chi connectivity index (χ2v) is 6.11. The molecule has 3 rings (SSSR count). The van der Waals surface area contributed by atoms with Gasteiger partial charge in [0.1, 0.15) is 6.61 Å². The average Bonchev–Trinajstić information content (AvgIpc) is 3.13. The molecule has 2 aromatic carbocycles. The van der Waals surface area contributed by atoms with Crippen LogP contribution in [-0.2, 0) is 6.61 Å². The number of ether oxygens (including phenoxy) is 2. The second kappa shape index (κ2) is 8.33. The lowest BCUT2D eigenvalue weighted by atomic mass is 10.2. The summed E-state index contributed by atoms with van der Waals surface area (Å²) >= 11 is 0. The summed E-state index contributed by atoms with van der Waals surface area (Å²) in [6, 6.07) is 15.3. The van der Waals surface area contributed by atoms with Crippen molar-refractivity contribution in [3.8, 4) is 11.5 Å². The van der Waals surface area contributed by atoms with E-state index in [1.54, 1.807) is 12.1 Å². The molecular formula is C20H21NO4. The van der Waals surface area contributed by atoms with Gasteiger partial charge in [-0.05, 0) is 48.9 Å². The van der Waals surface area contributed by atoms with Crippen molar-refractivity contribution in [3.63, 3.8) is 0 Å². The highest BCUT2D eigenvalue weighted by Crippen LogP contribution is 2.33. The number of hydrogen-bond acceptors (Lipinski definition) is 4. The summed E-state index contributed by atoms with van der Waals surface area (Å²) in [5.41, 5.74) is 1.79. The first-order valence-electron chi connectivity index (χ1n) is 8.50. The molecule has 0 amide bonds. The molecule has 25 heavy (non-hydrogen) atoms. The van der Waals surface area contributed by atoms with Gasteiger partial charge in [0, 0.05) is 6.08 Å². The molecule has 0 heterocycles. The maximum absolute atomic E-state index is 10.5. The molecule has 5 heteroatoms. The van der Waals surface area contributed by atoms with Gasteiger partial charge in [-0.3, -0.25) is 10.1 Å². The Morgan fingerprint density at radius 2 is 1.84 bits per heavy atom. The monoisotopic (exact) mass is 339 g/mol. The van der Waals surface area contributed by atoms with Gasteiger partial charge < -0.3 is 9.47 Å². The highest BCUT2D eigenvalue weighted by molar-refractivity contribution is 5.55. The topological polar surface area (TPSA) is 61.6 Å². The molecule has 0 aliphatic heterocycles. The second-order valence-electron chi connectivity index (χ2n) is 6.11. The SMILES string of the molecule is O=[N+]([O-])C=Cc1ccc(OCc2ccccc2)c(OC2CCCC2)c1. The predicted molar refractivity (Wildman–Crippen MR) is 96.1 cm³/mol. The molecule has 0 N–H and O–H groups in total. The lowest BCUT2D eigenvalue weighted by molar-refractivity contribution is -0.400. The van der Waals surface area contributed by atoms with Gasteiger partial charge in [0.15, 0.2) is 11.5 Å². The summed E-state index contributed by atoms with van der Waals surface area (Å²) in [4.78, 5) is 10.1. The Morgan fingerprint density at radius 3 is 2.56 bits per heavy atom. The van der Waals surface area contributed by atoms with Gasteiger partial charge in [-0.15, -0.1) is 0 Å². The normalized spacial score (nSPS) is 14.7. The standard InChI is InChI=1S/C20H21NO4/c22-21(23)13-12-16-10-11-19(24-15-17-6-2-1-3-7-17)20(14-16)25-18-8-4-5-9-18/h1-3,6-7,10-14,18H,4-5,8-9,15H2. The van der Waals surface area contributed by atoms with E-state index >= 15 is 0 Å². The Morgan fingerprint density at radius 1 is 1.08 bits per heavy atom. The van der Waals surface area contributed by atoms with Crippen molar-refractivity contribution >= 4 is 6.08 Å². The van der Waals surface area contributed by atoms with Gasteiger partial charge in [-0.1, -0.05) is 36.4 Å². The molecule has 0 saturated heterocycles. The fourth-order valence-corrected chi connectivity index (χ4v) is 2.91. The Hall–Kier alpha value is -2.82. The zero-order chi connectivity index (χ0) is 17.5. The van der Waals surface area contributed by atoms with Gasteiger partial charge in [-0.2, -0.15) is 0 Å². The molecule has 1 aliphatic rings. The maximum Gasteiger partial charge on any atom is 0.235 e. The Kier molecular flexibility index (Phi) is 5.67. The Bertz CT molecular complexity index is 737. The zero-order valence-electron chi connectivity index (χ0n) is 14.0. The van der Waals surface area contributed by atoms with Crippen molar-refractivity contribution in [1.82, 2.24) is 0 Å². The van der Waals surface area contributed by atoms with Crippen molar-refractivity contribution in [2.75, 3.05) is 0 Å². The molecule has 0 spiro atoms. The molecule has 5 nitrogen and oxygen atoms in total. The van der Waals surface area contributed by atoms with Crippen LogP contribution in [0.15, 0.2) is 54.7 Å². The quantitative estimate of drug-likeness (QED) is 0.535. The number of nitrogens with zero attached hydrogens (tertiary/aromatic N) is 1. The van der Waals surface area contributed by atoms with Crippen LogP contribution in [0.3, 0.4) is 0 Å². The summed E-state index contributed by atoms with van der Waals surface area (Å²) < 4.78 is 12.0. The summed E-state index contributed by atoms with van der Waals surface area (Å²) in [5.74, 6) is 1.31. The number of benzene rings is 2. The third kappa shape index (κ3) is 5.08. The number of hydrogen-bond donors (Lipinski definition) is 0. The van der Waals surface area contributed by atoms with Gasteiger partial charge in [0.25, 0.3) is 0 Å². The number of rotatable bonds is 7. The Labute approximate surface area is 147 Å². The maximum atomic E-state index is 10.5. The van der Waals surface area contributed by atoms with Crippen molar-refractivity contribution in [1.29, 1.82) is 0 Å². The van der Waals surface area contributed by atoms with Gasteiger partial charge >= 0.3 is 0 Å². The van der Waals surface area contributed by atoms with E-state index in [0.717, 1.165) is 30.2 Å². The van der Waals surface area contributed by atoms with Crippen LogP contribution in [0, 0.1) is 10.1 Å². The number of nitro groups is 1. The highest BCUT2D eigenvalue weighted by atomic mass is 16.6. The minimum atomic E-state index is -0.475. The molecule has 0 unspecified atom stereocenters. The van der Waals surface area contributed by atoms with Crippen LogP contribution in [0.5, 0.6) is 11.5 Å². The fourth-order valence-electron chi connectivity index (χ4n) is 2.91. The molecule has 0 radical (unpaired) electrons. The van der Waals surface area contributed by atoms with Crippen LogP contribution in [0.1, 0.15) is 36.8 Å². The lowest BCUT2D eigenvalue weighted by Crippen LogP contribution is -2.12. The van der Waals surface area contributed by atoms with E-state index in [2.05, 4.69) is 0 Å². The summed E-state index contributed by atoms with van der Waals surface area (Å²) in [5, 5.41) is 10.5. The first-order chi connectivity index (χ1) is 12.2. The molecule has 130 valence electrons. The third-order valence-corrected chi connectivity index (χ3v) is 4.19. The van der Waals surface area contributed by atoms with Gasteiger partial charge in [-0.25, -0.2) is 0 Å². The molecule has 1 aliphatic carbocycles. The van der Waals surface area contributed by atoms with E-state index in [0.29, 0.717) is 18.1 Å². The van der Waals surface area contributed by atoms with E-state index in [1.165, 1.54) is 18.9 Å². The minimum Gasteiger partial charge on any atom is -0.487 e. The molecule has 2 aromatic rings. The lowest BCUT2D eigenvalue weighted by Gasteiger charge is -2.17. The van der Waals surface area contributed by atoms with Crippen LogP contribution < -0.4 is 9.47 Å². The van der Waals surface area contributed by atoms with E-state index in [-0.39, 0.29) is 6.10 Å². The van der Waals surface area contributed by atoms with Crippen molar-refractivity contribution in [2.45, 2.75) is 38.4 Å². The highest BCUT2D eigenvalue weighted by Gasteiger charge is 2.18. The first kappa shape index (κ1) is 17.0. The fraction of sp³-hybridized carbons (Fsp3) is 0.300. The van der Waals surface area contributed by atoms with E-state index in [9.17, 15) is 10.1 Å². The van der Waals surface area contributed by atoms with E-state index in [4.69, 9.17) is 9.47 Å². The van der Waals surface area contributed by atoms with Crippen molar-refractivity contribution in [3.05, 3.63) is 76.0 Å². The molecule has 0 atom stereocenters. The van der Waals surface area contributed by atoms with E-state index < -0.39 is 4.92 Å². The molecule has 1 fully saturated rings. The van der Waals surface area contributed by atoms with Crippen molar-refractivity contribution in [2.24, 2.45) is 0 Å². The van der Waals surface area contributed by atoms with Crippen LogP contribution in [0.4, 0.5) is 0 Å². The smallest absolute Gasteiger partial charge is 0.235 e. The predicted octanol–water partition coefficient (Wildman–Crippen LogP) is 4.83. The average molecular weight is 339 g/mol. The minimum absolute atomic E-state index is 0.189. The van der Waals surface area contributed by atoms with Crippen molar-refractivity contribution < 1.29 is 14.4 Å². The molecule has 0 aromatic heterocycles. The largest absolute Gasteiger partial charge is 0.487 e. The third-order valence-electron chi connectivity index (χ3n) is 4.19. The summed E-state index contributed by atoms with van der Waals surface area (Å²) in [7, 11) is 0.